The van der Waals surface area contributed by atoms with Crippen molar-refractivity contribution in [2.45, 2.75) is 58.9 Å². The summed E-state index contributed by atoms with van der Waals surface area (Å²) in [6.07, 6.45) is 11.5. The summed E-state index contributed by atoms with van der Waals surface area (Å²) in [6, 6.07) is 0. The molecule has 1 atom stereocenters. The van der Waals surface area contributed by atoms with E-state index in [1.54, 1.807) is 12.4 Å². The van der Waals surface area contributed by atoms with Crippen molar-refractivity contribution in [3.8, 4) is 0 Å². The molecule has 0 unspecified atom stereocenters. The second-order valence-corrected chi connectivity index (χ2v) is 7.04. The van der Waals surface area contributed by atoms with E-state index in [1.807, 2.05) is 22.7 Å². The lowest BCUT2D eigenvalue weighted by molar-refractivity contribution is 0.0658. The first-order valence-corrected chi connectivity index (χ1v) is 9.68. The fourth-order valence-corrected chi connectivity index (χ4v) is 3.39. The first kappa shape index (κ1) is 18.5. The van der Waals surface area contributed by atoms with Crippen molar-refractivity contribution >= 4 is 5.91 Å². The van der Waals surface area contributed by atoms with Crippen molar-refractivity contribution in [1.82, 2.24) is 29.9 Å². The van der Waals surface area contributed by atoms with Crippen molar-refractivity contribution in [1.29, 1.82) is 0 Å². The summed E-state index contributed by atoms with van der Waals surface area (Å²) in [4.78, 5) is 23.1. The van der Waals surface area contributed by atoms with Gasteiger partial charge in [0, 0.05) is 44.6 Å². The maximum atomic E-state index is 12.7. The highest BCUT2D eigenvalue weighted by molar-refractivity contribution is 5.93. The summed E-state index contributed by atoms with van der Waals surface area (Å²) in [5.74, 6) is 1.20. The third-order valence-electron chi connectivity index (χ3n) is 4.89. The van der Waals surface area contributed by atoms with Crippen LogP contribution in [0, 0.1) is 5.92 Å². The Hall–Kier alpha value is -2.31. The molecule has 0 spiro atoms. The highest BCUT2D eigenvalue weighted by Crippen LogP contribution is 2.20. The number of unbranched alkanes of at least 4 members (excludes halogenated alkanes) is 1. The van der Waals surface area contributed by atoms with Gasteiger partial charge in [-0.3, -0.25) is 9.48 Å². The summed E-state index contributed by atoms with van der Waals surface area (Å²) < 4.78 is 1.93. The molecule has 1 fully saturated rings. The average Bonchev–Trinajstić information content (AvgIpc) is 3.13. The SMILES string of the molecule is CCCCc1cn(C[C@H]2CCCN(C(=O)c3cnc(CC)nc3)C2)nn1. The second-order valence-electron chi connectivity index (χ2n) is 7.04. The fourth-order valence-electron chi connectivity index (χ4n) is 3.39. The molecule has 140 valence electrons. The Morgan fingerprint density at radius 3 is 2.81 bits per heavy atom. The van der Waals surface area contributed by atoms with Gasteiger partial charge in [0.1, 0.15) is 5.82 Å². The van der Waals surface area contributed by atoms with Gasteiger partial charge in [-0.1, -0.05) is 25.5 Å². The molecule has 7 nitrogen and oxygen atoms in total. The van der Waals surface area contributed by atoms with Gasteiger partial charge >= 0.3 is 0 Å². The smallest absolute Gasteiger partial charge is 0.257 e. The van der Waals surface area contributed by atoms with Crippen LogP contribution in [-0.2, 0) is 19.4 Å². The quantitative estimate of drug-likeness (QED) is 0.762. The number of nitrogens with zero attached hydrogens (tertiary/aromatic N) is 6. The van der Waals surface area contributed by atoms with E-state index in [0.717, 1.165) is 69.7 Å². The third kappa shape index (κ3) is 4.65. The van der Waals surface area contributed by atoms with E-state index in [-0.39, 0.29) is 5.91 Å². The molecule has 0 aliphatic carbocycles. The Labute approximate surface area is 154 Å². The van der Waals surface area contributed by atoms with Crippen LogP contribution in [0.4, 0.5) is 0 Å². The molecular formula is C19H28N6O. The molecule has 2 aromatic rings. The standard InChI is InChI=1S/C19H28N6O/c1-3-5-8-17-14-25(23-22-17)13-15-7-6-9-24(12-15)19(26)16-10-20-18(4-2)21-11-16/h10-11,14-15H,3-9,12-13H2,1-2H3/t15-/m0/s1. The van der Waals surface area contributed by atoms with Gasteiger partial charge in [0.25, 0.3) is 5.91 Å². The molecule has 1 aliphatic heterocycles. The van der Waals surface area contributed by atoms with Crippen molar-refractivity contribution < 1.29 is 4.79 Å². The predicted octanol–water partition coefficient (Wildman–Crippen LogP) is 2.53. The van der Waals surface area contributed by atoms with Gasteiger partial charge in [0.05, 0.1) is 11.3 Å². The molecule has 2 aromatic heterocycles. The minimum absolute atomic E-state index is 0.0274. The molecule has 0 N–H and O–H groups in total. The van der Waals surface area contributed by atoms with E-state index in [0.29, 0.717) is 11.5 Å². The van der Waals surface area contributed by atoms with Crippen LogP contribution in [0.25, 0.3) is 0 Å². The van der Waals surface area contributed by atoms with Gasteiger partial charge in [-0.2, -0.15) is 0 Å². The maximum absolute atomic E-state index is 12.7. The van der Waals surface area contributed by atoms with Gasteiger partial charge in [-0.25, -0.2) is 9.97 Å². The number of aryl methyl sites for hydroxylation is 2. The minimum Gasteiger partial charge on any atom is -0.338 e. The molecule has 3 heterocycles. The lowest BCUT2D eigenvalue weighted by Gasteiger charge is -2.32. The van der Waals surface area contributed by atoms with Crippen LogP contribution in [0.3, 0.4) is 0 Å². The zero-order chi connectivity index (χ0) is 18.4. The van der Waals surface area contributed by atoms with Crippen molar-refractivity contribution in [2.24, 2.45) is 5.92 Å². The number of carbonyl (C=O) groups is 1. The van der Waals surface area contributed by atoms with Gasteiger partial charge in [-0.05, 0) is 31.6 Å². The Morgan fingerprint density at radius 2 is 2.08 bits per heavy atom. The normalized spacial score (nSPS) is 17.5. The molecule has 1 amide bonds. The summed E-state index contributed by atoms with van der Waals surface area (Å²) in [6.45, 7) is 6.54. The molecule has 0 bridgehead atoms. The van der Waals surface area contributed by atoms with Gasteiger partial charge in [-0.15, -0.1) is 5.10 Å². The number of likely N-dealkylation sites (tertiary alicyclic amines) is 1. The zero-order valence-electron chi connectivity index (χ0n) is 15.8. The molecule has 0 aromatic carbocycles. The van der Waals surface area contributed by atoms with Gasteiger partial charge in [0.15, 0.2) is 0 Å². The highest BCUT2D eigenvalue weighted by atomic mass is 16.2. The number of rotatable bonds is 7. The van der Waals surface area contributed by atoms with Crippen molar-refractivity contribution in [2.75, 3.05) is 13.1 Å². The van der Waals surface area contributed by atoms with Crippen LogP contribution in [0.2, 0.25) is 0 Å². The van der Waals surface area contributed by atoms with Crippen LogP contribution < -0.4 is 0 Å². The van der Waals surface area contributed by atoms with Crippen molar-refractivity contribution in [3.05, 3.63) is 35.7 Å². The van der Waals surface area contributed by atoms with Crippen LogP contribution in [-0.4, -0.2) is 48.9 Å². The first-order valence-electron chi connectivity index (χ1n) is 9.68. The van der Waals surface area contributed by atoms with E-state index in [9.17, 15) is 4.79 Å². The Balaban J connectivity index is 1.57. The number of hydrogen-bond acceptors (Lipinski definition) is 5. The Bertz CT molecular complexity index is 711. The zero-order valence-corrected chi connectivity index (χ0v) is 15.8. The van der Waals surface area contributed by atoms with E-state index < -0.39 is 0 Å². The molecule has 1 aliphatic rings. The predicted molar refractivity (Wildman–Crippen MR) is 98.7 cm³/mol. The van der Waals surface area contributed by atoms with Gasteiger partial charge < -0.3 is 4.90 Å². The molecule has 26 heavy (non-hydrogen) atoms. The molecule has 7 heteroatoms. The number of aromatic nitrogens is 5. The molecule has 1 saturated heterocycles. The minimum atomic E-state index is 0.0274. The second kappa shape index (κ2) is 8.87. The summed E-state index contributed by atoms with van der Waals surface area (Å²) in [5, 5.41) is 8.51. The van der Waals surface area contributed by atoms with Crippen LogP contribution in [0.5, 0.6) is 0 Å². The molecular weight excluding hydrogens is 328 g/mol. The van der Waals surface area contributed by atoms with Gasteiger partial charge in [0.2, 0.25) is 0 Å². The van der Waals surface area contributed by atoms with Crippen LogP contribution >= 0.6 is 0 Å². The fraction of sp³-hybridized carbons (Fsp3) is 0.632. The Morgan fingerprint density at radius 1 is 1.27 bits per heavy atom. The average molecular weight is 356 g/mol. The molecule has 0 radical (unpaired) electrons. The number of carbonyl (C=O) groups excluding carboxylic acids is 1. The monoisotopic (exact) mass is 356 g/mol. The van der Waals surface area contributed by atoms with E-state index >= 15 is 0 Å². The van der Waals surface area contributed by atoms with E-state index in [1.165, 1.54) is 0 Å². The number of piperidine rings is 1. The van der Waals surface area contributed by atoms with Crippen LogP contribution in [0.15, 0.2) is 18.6 Å². The maximum Gasteiger partial charge on any atom is 0.257 e. The van der Waals surface area contributed by atoms with E-state index in [4.69, 9.17) is 0 Å². The lowest BCUT2D eigenvalue weighted by Crippen LogP contribution is -2.41. The first-order chi connectivity index (χ1) is 12.7. The van der Waals surface area contributed by atoms with Crippen LogP contribution in [0.1, 0.15) is 61.4 Å². The largest absolute Gasteiger partial charge is 0.338 e. The lowest BCUT2D eigenvalue weighted by atomic mass is 9.97. The Kier molecular flexibility index (Phi) is 6.30. The number of hydrogen-bond donors (Lipinski definition) is 0. The summed E-state index contributed by atoms with van der Waals surface area (Å²) >= 11 is 0. The summed E-state index contributed by atoms with van der Waals surface area (Å²) in [7, 11) is 0. The highest BCUT2D eigenvalue weighted by Gasteiger charge is 2.25. The third-order valence-corrected chi connectivity index (χ3v) is 4.89. The van der Waals surface area contributed by atoms with E-state index in [2.05, 4.69) is 27.2 Å². The van der Waals surface area contributed by atoms with Crippen molar-refractivity contribution in [3.63, 3.8) is 0 Å². The molecule has 3 rings (SSSR count). The molecule has 0 saturated carbocycles. The summed E-state index contributed by atoms with van der Waals surface area (Å²) in [5.41, 5.74) is 1.63. The number of amides is 1. The topological polar surface area (TPSA) is 76.8 Å².